The fourth-order valence-corrected chi connectivity index (χ4v) is 2.42. The first kappa shape index (κ1) is 14.2. The highest BCUT2D eigenvalue weighted by Gasteiger charge is 2.19. The predicted octanol–water partition coefficient (Wildman–Crippen LogP) is 0.960. The lowest BCUT2D eigenvalue weighted by atomic mass is 10.1. The quantitative estimate of drug-likeness (QED) is 0.853. The van der Waals surface area contributed by atoms with Gasteiger partial charge in [0.15, 0.2) is 0 Å². The number of hydrogen-bond donors (Lipinski definition) is 2. The van der Waals surface area contributed by atoms with Gasteiger partial charge in [0.2, 0.25) is 0 Å². The van der Waals surface area contributed by atoms with Crippen molar-refractivity contribution in [3.8, 4) is 0 Å². The van der Waals surface area contributed by atoms with E-state index in [1.54, 1.807) is 0 Å². The standard InChI is InChI=1S/C14H22FN3O/c1-11(16)12-2-3-14(13(15)10-12)18-6-4-17(5-7-18)8-9-19/h2-3,10-11,19H,4-9,16H2,1H3/t11-/m0/s1. The Balaban J connectivity index is 2.03. The average Bonchev–Trinajstić information content (AvgIpc) is 2.40. The highest BCUT2D eigenvalue weighted by molar-refractivity contribution is 5.50. The summed E-state index contributed by atoms with van der Waals surface area (Å²) in [5.41, 5.74) is 7.22. The van der Waals surface area contributed by atoms with E-state index < -0.39 is 0 Å². The zero-order valence-electron chi connectivity index (χ0n) is 11.3. The zero-order chi connectivity index (χ0) is 13.8. The molecule has 1 heterocycles. The zero-order valence-corrected chi connectivity index (χ0v) is 11.3. The van der Waals surface area contributed by atoms with Gasteiger partial charge in [0, 0.05) is 38.8 Å². The van der Waals surface area contributed by atoms with E-state index in [2.05, 4.69) is 4.90 Å². The number of nitrogens with zero attached hydrogens (tertiary/aromatic N) is 2. The molecule has 1 fully saturated rings. The molecular formula is C14H22FN3O. The summed E-state index contributed by atoms with van der Waals surface area (Å²) in [5, 5.41) is 8.90. The van der Waals surface area contributed by atoms with Gasteiger partial charge in [-0.15, -0.1) is 0 Å². The van der Waals surface area contributed by atoms with Crippen LogP contribution in [-0.4, -0.2) is 49.3 Å². The number of β-amino-alcohol motifs (C(OH)–C–C–N with tert-alkyl or cyclic N) is 1. The lowest BCUT2D eigenvalue weighted by molar-refractivity contribution is 0.188. The Hall–Kier alpha value is -1.17. The Kier molecular flexibility index (Phi) is 4.74. The lowest BCUT2D eigenvalue weighted by Crippen LogP contribution is -2.47. The first-order chi connectivity index (χ1) is 9.11. The van der Waals surface area contributed by atoms with Crippen LogP contribution in [0.4, 0.5) is 10.1 Å². The van der Waals surface area contributed by atoms with E-state index in [9.17, 15) is 4.39 Å². The van der Waals surface area contributed by atoms with E-state index in [4.69, 9.17) is 10.8 Å². The van der Waals surface area contributed by atoms with Crippen LogP contribution in [0.3, 0.4) is 0 Å². The molecule has 0 radical (unpaired) electrons. The molecule has 0 spiro atoms. The summed E-state index contributed by atoms with van der Waals surface area (Å²) in [7, 11) is 0. The van der Waals surface area contributed by atoms with Gasteiger partial charge in [-0.25, -0.2) is 4.39 Å². The summed E-state index contributed by atoms with van der Waals surface area (Å²) in [5.74, 6) is -0.203. The summed E-state index contributed by atoms with van der Waals surface area (Å²) in [4.78, 5) is 4.24. The Bertz CT molecular complexity index is 417. The van der Waals surface area contributed by atoms with Crippen LogP contribution in [-0.2, 0) is 0 Å². The minimum absolute atomic E-state index is 0.148. The number of aliphatic hydroxyl groups excluding tert-OH is 1. The summed E-state index contributed by atoms with van der Waals surface area (Å²) >= 11 is 0. The van der Waals surface area contributed by atoms with Gasteiger partial charge < -0.3 is 15.7 Å². The molecule has 19 heavy (non-hydrogen) atoms. The maximum atomic E-state index is 14.1. The van der Waals surface area contributed by atoms with Gasteiger partial charge in [0.05, 0.1) is 12.3 Å². The summed E-state index contributed by atoms with van der Waals surface area (Å²) in [6, 6.07) is 5.09. The van der Waals surface area contributed by atoms with E-state index in [0.29, 0.717) is 12.2 Å². The molecule has 1 aliphatic heterocycles. The second kappa shape index (κ2) is 6.32. The first-order valence-corrected chi connectivity index (χ1v) is 6.75. The highest BCUT2D eigenvalue weighted by atomic mass is 19.1. The molecule has 0 aromatic heterocycles. The average molecular weight is 267 g/mol. The van der Waals surface area contributed by atoms with Crippen molar-refractivity contribution in [3.63, 3.8) is 0 Å². The SMILES string of the molecule is C[C@H](N)c1ccc(N2CCN(CCO)CC2)c(F)c1. The normalized spacial score (nSPS) is 18.6. The van der Waals surface area contributed by atoms with Crippen molar-refractivity contribution in [2.24, 2.45) is 5.73 Å². The molecule has 2 rings (SSSR count). The smallest absolute Gasteiger partial charge is 0.146 e. The minimum Gasteiger partial charge on any atom is -0.395 e. The molecule has 1 atom stereocenters. The van der Waals surface area contributed by atoms with Crippen molar-refractivity contribution >= 4 is 5.69 Å². The molecule has 0 amide bonds. The number of halogens is 1. The Morgan fingerprint density at radius 2 is 2.00 bits per heavy atom. The van der Waals surface area contributed by atoms with Gasteiger partial charge >= 0.3 is 0 Å². The maximum Gasteiger partial charge on any atom is 0.146 e. The monoisotopic (exact) mass is 267 g/mol. The highest BCUT2D eigenvalue weighted by Crippen LogP contribution is 2.23. The maximum absolute atomic E-state index is 14.1. The molecule has 0 bridgehead atoms. The first-order valence-electron chi connectivity index (χ1n) is 6.75. The Labute approximate surface area is 113 Å². The van der Waals surface area contributed by atoms with Crippen LogP contribution >= 0.6 is 0 Å². The van der Waals surface area contributed by atoms with Crippen LogP contribution in [0, 0.1) is 5.82 Å². The number of rotatable bonds is 4. The van der Waals surface area contributed by atoms with Crippen LogP contribution in [0.15, 0.2) is 18.2 Å². The number of aliphatic hydroxyl groups is 1. The third kappa shape index (κ3) is 3.43. The second-order valence-electron chi connectivity index (χ2n) is 5.05. The molecule has 0 unspecified atom stereocenters. The molecular weight excluding hydrogens is 245 g/mol. The fourth-order valence-electron chi connectivity index (χ4n) is 2.42. The summed E-state index contributed by atoms with van der Waals surface area (Å²) in [6.07, 6.45) is 0. The summed E-state index contributed by atoms with van der Waals surface area (Å²) < 4.78 is 14.1. The van der Waals surface area contributed by atoms with Gasteiger partial charge in [-0.2, -0.15) is 0 Å². The number of piperazine rings is 1. The summed E-state index contributed by atoms with van der Waals surface area (Å²) in [6.45, 7) is 6.01. The van der Waals surface area contributed by atoms with Gasteiger partial charge in [-0.1, -0.05) is 6.07 Å². The molecule has 1 saturated heterocycles. The molecule has 1 aliphatic rings. The Morgan fingerprint density at radius 3 is 2.53 bits per heavy atom. The largest absolute Gasteiger partial charge is 0.395 e. The second-order valence-corrected chi connectivity index (χ2v) is 5.05. The number of hydrogen-bond acceptors (Lipinski definition) is 4. The van der Waals surface area contributed by atoms with E-state index in [1.165, 1.54) is 6.07 Å². The lowest BCUT2D eigenvalue weighted by Gasteiger charge is -2.36. The number of benzene rings is 1. The van der Waals surface area contributed by atoms with E-state index in [1.807, 2.05) is 24.0 Å². The van der Waals surface area contributed by atoms with Gasteiger partial charge in [-0.3, -0.25) is 4.90 Å². The molecule has 5 heteroatoms. The van der Waals surface area contributed by atoms with Crippen LogP contribution in [0.1, 0.15) is 18.5 Å². The van der Waals surface area contributed by atoms with Gasteiger partial charge in [0.1, 0.15) is 5.82 Å². The predicted molar refractivity (Wildman–Crippen MR) is 74.7 cm³/mol. The molecule has 1 aromatic rings. The minimum atomic E-state index is -0.203. The van der Waals surface area contributed by atoms with Crippen LogP contribution in [0.5, 0.6) is 0 Å². The van der Waals surface area contributed by atoms with Gasteiger partial charge in [0.25, 0.3) is 0 Å². The van der Waals surface area contributed by atoms with Crippen molar-refractivity contribution in [1.29, 1.82) is 0 Å². The third-order valence-electron chi connectivity index (χ3n) is 3.63. The van der Waals surface area contributed by atoms with Crippen molar-refractivity contribution in [3.05, 3.63) is 29.6 Å². The number of anilines is 1. The Morgan fingerprint density at radius 1 is 1.32 bits per heavy atom. The molecule has 1 aromatic carbocycles. The molecule has 0 saturated carbocycles. The topological polar surface area (TPSA) is 52.7 Å². The molecule has 0 aliphatic carbocycles. The molecule has 4 nitrogen and oxygen atoms in total. The van der Waals surface area contributed by atoms with Crippen molar-refractivity contribution in [1.82, 2.24) is 4.90 Å². The van der Waals surface area contributed by atoms with Crippen molar-refractivity contribution in [2.75, 3.05) is 44.2 Å². The van der Waals surface area contributed by atoms with Gasteiger partial charge in [-0.05, 0) is 24.6 Å². The van der Waals surface area contributed by atoms with Crippen LogP contribution < -0.4 is 10.6 Å². The molecule has 106 valence electrons. The van der Waals surface area contributed by atoms with E-state index in [0.717, 1.165) is 31.7 Å². The van der Waals surface area contributed by atoms with Crippen LogP contribution in [0.2, 0.25) is 0 Å². The van der Waals surface area contributed by atoms with Crippen molar-refractivity contribution in [2.45, 2.75) is 13.0 Å². The van der Waals surface area contributed by atoms with E-state index >= 15 is 0 Å². The third-order valence-corrected chi connectivity index (χ3v) is 3.63. The van der Waals surface area contributed by atoms with Crippen LogP contribution in [0.25, 0.3) is 0 Å². The fraction of sp³-hybridized carbons (Fsp3) is 0.571. The van der Waals surface area contributed by atoms with E-state index in [-0.39, 0.29) is 18.5 Å². The van der Waals surface area contributed by atoms with Crippen molar-refractivity contribution < 1.29 is 9.50 Å². The number of nitrogens with two attached hydrogens (primary N) is 1. The molecule has 3 N–H and O–H groups in total.